The molecule has 8 atom stereocenters. The molecule has 3 aliphatic heterocycles. The van der Waals surface area contributed by atoms with E-state index < -0.39 is 19.7 Å². The van der Waals surface area contributed by atoms with Gasteiger partial charge >= 0.3 is 0 Å². The van der Waals surface area contributed by atoms with Crippen molar-refractivity contribution in [3.05, 3.63) is 119 Å². The van der Waals surface area contributed by atoms with Crippen LogP contribution in [0.4, 0.5) is 11.4 Å². The number of nitrogens with zero attached hydrogens (tertiary/aromatic N) is 6. The van der Waals surface area contributed by atoms with E-state index in [2.05, 4.69) is 175 Å². The van der Waals surface area contributed by atoms with Gasteiger partial charge in [-0.15, -0.1) is 0 Å². The second-order valence-electron chi connectivity index (χ2n) is 27.5. The number of ether oxygens (including phenoxy) is 4. The van der Waals surface area contributed by atoms with Gasteiger partial charge < -0.3 is 28.7 Å². The predicted molar refractivity (Wildman–Crippen MR) is 353 cm³/mol. The molecule has 3 heterocycles. The Morgan fingerprint density at radius 2 is 0.698 bits per heavy atom. The maximum Gasteiger partial charge on any atom is 0.182 e. The van der Waals surface area contributed by atoms with E-state index in [0.29, 0.717) is 86.1 Å². The van der Waals surface area contributed by atoms with Gasteiger partial charge in [0.25, 0.3) is 0 Å². The summed E-state index contributed by atoms with van der Waals surface area (Å²) in [7, 11) is 2.41. The summed E-state index contributed by atoms with van der Waals surface area (Å²) in [6.07, 6.45) is 5.33. The molecule has 7 rings (SSSR count). The van der Waals surface area contributed by atoms with Crippen LogP contribution >= 0.6 is 0 Å². The first kappa shape index (κ1) is 69.5. The third-order valence-electron chi connectivity index (χ3n) is 17.8. The highest BCUT2D eigenvalue weighted by atomic mass is 32.2. The van der Waals surface area contributed by atoms with Crippen molar-refractivity contribution in [3.63, 3.8) is 0 Å². The van der Waals surface area contributed by atoms with Crippen molar-refractivity contribution in [1.29, 1.82) is 0 Å². The van der Waals surface area contributed by atoms with Crippen molar-refractivity contribution in [3.8, 4) is 0 Å². The Bertz CT molecular complexity index is 2680. The first-order valence-electron chi connectivity index (χ1n) is 32.4. The number of para-hydroxylation sites is 2. The highest BCUT2D eigenvalue weighted by Crippen LogP contribution is 2.33. The van der Waals surface area contributed by atoms with Gasteiger partial charge in [0.15, 0.2) is 19.7 Å². The molecule has 86 heavy (non-hydrogen) atoms. The molecule has 1 saturated heterocycles. The number of fused-ring (bicyclic) bond motifs is 2. The van der Waals surface area contributed by atoms with Gasteiger partial charge in [0.05, 0.1) is 83.5 Å². The normalized spacial score (nSPS) is 26.2. The maximum absolute atomic E-state index is 12.9. The van der Waals surface area contributed by atoms with Crippen molar-refractivity contribution in [2.75, 3.05) is 115 Å². The SMILES string of the molecule is CC(C)C[C@H]1CO[C@H](C)CN(C)[C@@H](CC(C)C)CO[C@H](Cc2ccc(CN3CCS(=O)(=O)c4ccccc43)cc2)CN(C)[C@@H](CC(C)C)CO[C@H](C)CN(C)[C@@H](CC(C)C)CO[C@H](Cc2ccc(CN3CCS(=O)(=O)c4ccccc43)cc2)CN1C. The van der Waals surface area contributed by atoms with Crippen LogP contribution in [0.25, 0.3) is 0 Å². The number of sulfone groups is 2. The summed E-state index contributed by atoms with van der Waals surface area (Å²) in [6, 6.07) is 33.3. The summed E-state index contributed by atoms with van der Waals surface area (Å²) in [4.78, 5) is 15.1. The second kappa shape index (κ2) is 32.7. The zero-order valence-corrected chi connectivity index (χ0v) is 56.7. The monoisotopic (exact) mass is 1230 g/mol. The average Bonchev–Trinajstić information content (AvgIpc) is 1.10. The third-order valence-corrected chi connectivity index (χ3v) is 21.3. The van der Waals surface area contributed by atoms with Gasteiger partial charge in [0.1, 0.15) is 0 Å². The minimum absolute atomic E-state index is 0.00794. The Morgan fingerprint density at radius 1 is 0.407 bits per heavy atom. The van der Waals surface area contributed by atoms with E-state index in [4.69, 9.17) is 18.9 Å². The van der Waals surface area contributed by atoms with Crippen LogP contribution in [-0.2, 0) is 64.6 Å². The van der Waals surface area contributed by atoms with Crippen molar-refractivity contribution in [1.82, 2.24) is 19.6 Å². The molecule has 0 amide bonds. The van der Waals surface area contributed by atoms with Gasteiger partial charge in [0, 0.05) is 76.5 Å². The van der Waals surface area contributed by atoms with E-state index in [0.717, 1.165) is 87.2 Å². The molecular formula is C70H110N6O8S2. The van der Waals surface area contributed by atoms with E-state index in [1.54, 1.807) is 12.1 Å². The molecule has 0 unspecified atom stereocenters. The quantitative estimate of drug-likeness (QED) is 0.106. The minimum atomic E-state index is -3.29. The molecule has 0 spiro atoms. The van der Waals surface area contributed by atoms with Gasteiger partial charge in [-0.25, -0.2) is 16.8 Å². The third kappa shape index (κ3) is 21.1. The lowest BCUT2D eigenvalue weighted by molar-refractivity contribution is -0.0536. The number of benzene rings is 4. The molecule has 14 nitrogen and oxygen atoms in total. The Hall–Kier alpha value is -3.94. The lowest BCUT2D eigenvalue weighted by Crippen LogP contribution is -2.47. The number of hydrogen-bond acceptors (Lipinski definition) is 14. The molecule has 480 valence electrons. The van der Waals surface area contributed by atoms with Gasteiger partial charge in [-0.1, -0.05) is 128 Å². The van der Waals surface area contributed by atoms with E-state index in [1.165, 1.54) is 11.1 Å². The second-order valence-corrected chi connectivity index (χ2v) is 31.7. The van der Waals surface area contributed by atoms with Gasteiger partial charge in [-0.3, -0.25) is 19.6 Å². The Labute approximate surface area is 521 Å². The fourth-order valence-corrected chi connectivity index (χ4v) is 15.9. The smallest absolute Gasteiger partial charge is 0.182 e. The number of hydrogen-bond donors (Lipinski definition) is 0. The van der Waals surface area contributed by atoms with Crippen LogP contribution in [0.15, 0.2) is 107 Å². The first-order valence-corrected chi connectivity index (χ1v) is 35.7. The summed E-state index contributed by atoms with van der Waals surface area (Å²) in [5, 5.41) is 0. The van der Waals surface area contributed by atoms with Crippen LogP contribution in [-0.4, -0.2) is 190 Å². The lowest BCUT2D eigenvalue weighted by Gasteiger charge is -2.37. The minimum Gasteiger partial charge on any atom is -0.376 e. The molecule has 1 fully saturated rings. The molecule has 4 aromatic rings. The van der Waals surface area contributed by atoms with Crippen molar-refractivity contribution >= 4 is 31.0 Å². The van der Waals surface area contributed by atoms with Gasteiger partial charge in [-0.05, 0) is 151 Å². The fraction of sp³-hybridized carbons (Fsp3) is 0.657. The summed E-state index contributed by atoms with van der Waals surface area (Å²) in [5.74, 6) is 2.14. The van der Waals surface area contributed by atoms with Crippen LogP contribution in [0, 0.1) is 23.7 Å². The Kier molecular flexibility index (Phi) is 26.4. The number of rotatable bonds is 16. The van der Waals surface area contributed by atoms with Crippen molar-refractivity contribution in [2.45, 2.75) is 179 Å². The van der Waals surface area contributed by atoms with Crippen LogP contribution in [0.2, 0.25) is 0 Å². The average molecular weight is 1230 g/mol. The van der Waals surface area contributed by atoms with Crippen LogP contribution < -0.4 is 9.80 Å². The summed E-state index contributed by atoms with van der Waals surface area (Å²) in [6.45, 7) is 30.6. The van der Waals surface area contributed by atoms with Crippen LogP contribution in [0.1, 0.15) is 117 Å². The lowest BCUT2D eigenvalue weighted by atomic mass is 10.0. The first-order chi connectivity index (χ1) is 40.8. The van der Waals surface area contributed by atoms with Crippen LogP contribution in [0.5, 0.6) is 0 Å². The molecule has 3 aliphatic rings. The Morgan fingerprint density at radius 3 is 1.02 bits per heavy atom. The molecular weight excluding hydrogens is 1120 g/mol. The molecule has 0 aliphatic carbocycles. The standard InChI is InChI=1S/C70H110N6O8S2/c1-51(2)35-61-47-81-55(9)41-71(11)64(38-54(7)8)50-84-66(40-58-25-29-60(30-26-58)44-76-32-34-86(79,80)70-22-18-16-20-68(70)76)46-74(14)62(36-52(3)4)48-82-56(10)42-72(12)63(37-53(5)6)49-83-65(45-73(61)13)39-57-23-27-59(28-24-57)43-75-31-33-85(77,78)69-21-17-15-19-67(69)75/h15-30,51-56,61-66H,31-50H2,1-14H3/t55-,56-,61+,62+,63+,64+,65-,66-/m1/s1. The number of anilines is 2. The zero-order valence-electron chi connectivity index (χ0n) is 55.1. The molecule has 0 radical (unpaired) electrons. The van der Waals surface area contributed by atoms with E-state index >= 15 is 0 Å². The van der Waals surface area contributed by atoms with E-state index in [1.807, 2.05) is 36.4 Å². The fourth-order valence-electron chi connectivity index (χ4n) is 13.0. The Balaban J connectivity index is 1.11. The highest BCUT2D eigenvalue weighted by Gasteiger charge is 2.32. The molecule has 0 bridgehead atoms. The molecule has 0 N–H and O–H groups in total. The predicted octanol–water partition coefficient (Wildman–Crippen LogP) is 11.0. The molecule has 0 saturated carbocycles. The molecule has 16 heteroatoms. The summed E-state index contributed by atoms with van der Waals surface area (Å²) >= 11 is 0. The zero-order chi connectivity index (χ0) is 62.3. The molecule has 4 aromatic carbocycles. The molecule has 0 aromatic heterocycles. The van der Waals surface area contributed by atoms with Gasteiger partial charge in [0.2, 0.25) is 0 Å². The summed E-state index contributed by atoms with van der Waals surface area (Å²) in [5.41, 5.74) is 6.28. The maximum atomic E-state index is 12.9. The summed E-state index contributed by atoms with van der Waals surface area (Å²) < 4.78 is 80.0. The van der Waals surface area contributed by atoms with Crippen molar-refractivity contribution < 1.29 is 35.8 Å². The number of likely N-dealkylation sites (N-methyl/N-ethyl adjacent to an activating group) is 4. The van der Waals surface area contributed by atoms with E-state index in [-0.39, 0.29) is 60.1 Å². The highest BCUT2D eigenvalue weighted by molar-refractivity contribution is 7.92. The van der Waals surface area contributed by atoms with E-state index in [9.17, 15) is 16.8 Å². The topological polar surface area (TPSA) is 125 Å². The van der Waals surface area contributed by atoms with Crippen molar-refractivity contribution in [2.24, 2.45) is 23.7 Å². The van der Waals surface area contributed by atoms with Crippen LogP contribution in [0.3, 0.4) is 0 Å². The van der Waals surface area contributed by atoms with Gasteiger partial charge in [-0.2, -0.15) is 0 Å². The largest absolute Gasteiger partial charge is 0.376 e.